The minimum absolute atomic E-state index is 0.0635. The number of benzene rings is 1. The van der Waals surface area contributed by atoms with Crippen LogP contribution in [0.4, 0.5) is 5.69 Å². The van der Waals surface area contributed by atoms with Gasteiger partial charge in [0, 0.05) is 24.8 Å². The van der Waals surface area contributed by atoms with Gasteiger partial charge in [0.25, 0.3) is 0 Å². The van der Waals surface area contributed by atoms with Gasteiger partial charge in [0.15, 0.2) is 0 Å². The van der Waals surface area contributed by atoms with Crippen LogP contribution in [0.15, 0.2) is 24.3 Å². The summed E-state index contributed by atoms with van der Waals surface area (Å²) in [5.74, 6) is 0.466. The normalized spacial score (nSPS) is 17.4. The van der Waals surface area contributed by atoms with Gasteiger partial charge in [0.1, 0.15) is 0 Å². The van der Waals surface area contributed by atoms with Crippen LogP contribution < -0.4 is 11.1 Å². The maximum Gasteiger partial charge on any atom is 0.238 e. The SMILES string of the molecule is CC(C)c1ccccc1NC(=O)CN1CCC(N)CC1. The quantitative estimate of drug-likeness (QED) is 0.885. The van der Waals surface area contributed by atoms with Crippen molar-refractivity contribution in [2.45, 2.75) is 38.6 Å². The molecule has 0 spiro atoms. The number of nitrogens with zero attached hydrogens (tertiary/aromatic N) is 1. The molecule has 0 aromatic heterocycles. The fourth-order valence-electron chi connectivity index (χ4n) is 2.62. The summed E-state index contributed by atoms with van der Waals surface area (Å²) in [4.78, 5) is 14.3. The van der Waals surface area contributed by atoms with Crippen LogP contribution in [0.5, 0.6) is 0 Å². The van der Waals surface area contributed by atoms with Crippen LogP contribution in [0.1, 0.15) is 38.2 Å². The number of nitrogens with two attached hydrogens (primary N) is 1. The van der Waals surface area contributed by atoms with Crippen molar-refractivity contribution >= 4 is 11.6 Å². The number of rotatable bonds is 4. The minimum atomic E-state index is 0.0635. The number of piperidine rings is 1. The molecule has 0 atom stereocenters. The highest BCUT2D eigenvalue weighted by molar-refractivity contribution is 5.93. The zero-order valence-corrected chi connectivity index (χ0v) is 12.4. The van der Waals surface area contributed by atoms with E-state index in [4.69, 9.17) is 5.73 Å². The van der Waals surface area contributed by atoms with Crippen LogP contribution in [0, 0.1) is 0 Å². The molecule has 0 radical (unpaired) electrons. The van der Waals surface area contributed by atoms with Crippen molar-refractivity contribution in [2.75, 3.05) is 25.0 Å². The van der Waals surface area contributed by atoms with E-state index in [9.17, 15) is 4.79 Å². The second-order valence-corrected chi connectivity index (χ2v) is 5.90. The van der Waals surface area contributed by atoms with Crippen LogP contribution in [-0.2, 0) is 4.79 Å². The Morgan fingerprint density at radius 3 is 2.65 bits per heavy atom. The first-order valence-electron chi connectivity index (χ1n) is 7.43. The van der Waals surface area contributed by atoms with Crippen LogP contribution >= 0.6 is 0 Å². The maximum absolute atomic E-state index is 12.2. The summed E-state index contributed by atoms with van der Waals surface area (Å²) in [5, 5.41) is 3.04. The second kappa shape index (κ2) is 6.86. The molecule has 1 aliphatic rings. The first-order valence-corrected chi connectivity index (χ1v) is 7.43. The molecule has 1 fully saturated rings. The van der Waals surface area contributed by atoms with E-state index in [0.29, 0.717) is 18.5 Å². The first kappa shape index (κ1) is 15.0. The monoisotopic (exact) mass is 275 g/mol. The van der Waals surface area contributed by atoms with E-state index >= 15 is 0 Å². The Morgan fingerprint density at radius 1 is 1.35 bits per heavy atom. The van der Waals surface area contributed by atoms with Crippen molar-refractivity contribution in [3.8, 4) is 0 Å². The number of anilines is 1. The summed E-state index contributed by atoms with van der Waals surface area (Å²) < 4.78 is 0. The topological polar surface area (TPSA) is 58.4 Å². The van der Waals surface area contributed by atoms with Crippen molar-refractivity contribution < 1.29 is 4.79 Å². The fraction of sp³-hybridized carbons (Fsp3) is 0.562. The predicted octanol–water partition coefficient (Wildman–Crippen LogP) is 2.17. The standard InChI is InChI=1S/C16H25N3O/c1-12(2)14-5-3-4-6-15(14)18-16(20)11-19-9-7-13(17)8-10-19/h3-6,12-13H,7-11,17H2,1-2H3,(H,18,20). The third kappa shape index (κ3) is 4.05. The highest BCUT2D eigenvalue weighted by Crippen LogP contribution is 2.23. The van der Waals surface area contributed by atoms with Crippen molar-refractivity contribution in [3.63, 3.8) is 0 Å². The molecule has 1 saturated heterocycles. The largest absolute Gasteiger partial charge is 0.328 e. The van der Waals surface area contributed by atoms with Gasteiger partial charge in [-0.25, -0.2) is 0 Å². The van der Waals surface area contributed by atoms with Crippen LogP contribution in [0.25, 0.3) is 0 Å². The van der Waals surface area contributed by atoms with Gasteiger partial charge in [0.2, 0.25) is 5.91 Å². The smallest absolute Gasteiger partial charge is 0.238 e. The molecule has 1 heterocycles. The van der Waals surface area contributed by atoms with Gasteiger partial charge in [-0.2, -0.15) is 0 Å². The number of carbonyl (C=O) groups is 1. The third-order valence-corrected chi connectivity index (χ3v) is 3.86. The van der Waals surface area contributed by atoms with Crippen LogP contribution in [0.3, 0.4) is 0 Å². The lowest BCUT2D eigenvalue weighted by Crippen LogP contribution is -2.43. The van der Waals surface area contributed by atoms with Gasteiger partial charge in [-0.1, -0.05) is 32.0 Å². The average Bonchev–Trinajstić information content (AvgIpc) is 2.41. The first-order chi connectivity index (χ1) is 9.56. The van der Waals surface area contributed by atoms with E-state index < -0.39 is 0 Å². The minimum Gasteiger partial charge on any atom is -0.328 e. The number of hydrogen-bond acceptors (Lipinski definition) is 3. The highest BCUT2D eigenvalue weighted by atomic mass is 16.2. The molecule has 1 aromatic rings. The lowest BCUT2D eigenvalue weighted by molar-refractivity contribution is -0.117. The maximum atomic E-state index is 12.2. The zero-order valence-electron chi connectivity index (χ0n) is 12.4. The van der Waals surface area contributed by atoms with Gasteiger partial charge in [0.05, 0.1) is 6.54 Å². The number of nitrogens with one attached hydrogen (secondary N) is 1. The molecule has 20 heavy (non-hydrogen) atoms. The number of amides is 1. The van der Waals surface area contributed by atoms with E-state index in [1.54, 1.807) is 0 Å². The van der Waals surface area contributed by atoms with E-state index in [1.807, 2.05) is 18.2 Å². The molecule has 110 valence electrons. The van der Waals surface area contributed by atoms with E-state index in [-0.39, 0.29) is 5.91 Å². The molecular formula is C16H25N3O. The molecule has 1 amide bonds. The van der Waals surface area contributed by atoms with Crippen molar-refractivity contribution in [1.82, 2.24) is 4.90 Å². The fourth-order valence-corrected chi connectivity index (χ4v) is 2.62. The summed E-state index contributed by atoms with van der Waals surface area (Å²) in [7, 11) is 0. The average molecular weight is 275 g/mol. The lowest BCUT2D eigenvalue weighted by Gasteiger charge is -2.29. The molecule has 0 aliphatic carbocycles. The Balaban J connectivity index is 1.91. The number of likely N-dealkylation sites (tertiary alicyclic amines) is 1. The molecule has 4 heteroatoms. The Kier molecular flexibility index (Phi) is 5.15. The summed E-state index contributed by atoms with van der Waals surface area (Å²) in [6, 6.07) is 8.31. The third-order valence-electron chi connectivity index (χ3n) is 3.86. The number of para-hydroxylation sites is 1. The summed E-state index contributed by atoms with van der Waals surface area (Å²) in [6.45, 7) is 6.56. The van der Waals surface area contributed by atoms with Crippen LogP contribution in [0.2, 0.25) is 0 Å². The van der Waals surface area contributed by atoms with Gasteiger partial charge >= 0.3 is 0 Å². The Bertz CT molecular complexity index is 451. The lowest BCUT2D eigenvalue weighted by atomic mass is 10.0. The molecular weight excluding hydrogens is 250 g/mol. The highest BCUT2D eigenvalue weighted by Gasteiger charge is 2.18. The van der Waals surface area contributed by atoms with Gasteiger partial charge in [-0.15, -0.1) is 0 Å². The molecule has 0 bridgehead atoms. The van der Waals surface area contributed by atoms with Crippen molar-refractivity contribution in [1.29, 1.82) is 0 Å². The van der Waals surface area contributed by atoms with E-state index in [2.05, 4.69) is 30.1 Å². The summed E-state index contributed by atoms with van der Waals surface area (Å²) in [6.07, 6.45) is 1.96. The number of carbonyl (C=O) groups excluding carboxylic acids is 1. The van der Waals surface area contributed by atoms with Gasteiger partial charge in [-0.3, -0.25) is 9.69 Å². The molecule has 4 nitrogen and oxygen atoms in total. The summed E-state index contributed by atoms with van der Waals surface area (Å²) >= 11 is 0. The molecule has 1 aliphatic heterocycles. The Hall–Kier alpha value is -1.39. The van der Waals surface area contributed by atoms with Gasteiger partial charge in [-0.05, 0) is 30.4 Å². The predicted molar refractivity (Wildman–Crippen MR) is 82.8 cm³/mol. The molecule has 3 N–H and O–H groups in total. The molecule has 0 unspecified atom stereocenters. The molecule has 0 saturated carbocycles. The summed E-state index contributed by atoms with van der Waals surface area (Å²) in [5.41, 5.74) is 7.99. The van der Waals surface area contributed by atoms with Crippen LogP contribution in [-0.4, -0.2) is 36.5 Å². The Morgan fingerprint density at radius 2 is 2.00 bits per heavy atom. The van der Waals surface area contributed by atoms with Crippen molar-refractivity contribution in [2.24, 2.45) is 5.73 Å². The van der Waals surface area contributed by atoms with Crippen molar-refractivity contribution in [3.05, 3.63) is 29.8 Å². The van der Waals surface area contributed by atoms with E-state index in [0.717, 1.165) is 31.6 Å². The van der Waals surface area contributed by atoms with E-state index in [1.165, 1.54) is 5.56 Å². The molecule has 1 aromatic carbocycles. The molecule has 2 rings (SSSR count). The number of hydrogen-bond donors (Lipinski definition) is 2. The Labute approximate surface area is 121 Å². The zero-order chi connectivity index (χ0) is 14.5. The second-order valence-electron chi connectivity index (χ2n) is 5.90. The van der Waals surface area contributed by atoms with Gasteiger partial charge < -0.3 is 11.1 Å².